The number of oxime groups is 1. The van der Waals surface area contributed by atoms with Crippen molar-refractivity contribution in [2.75, 3.05) is 5.32 Å². The van der Waals surface area contributed by atoms with Crippen molar-refractivity contribution < 1.29 is 14.8 Å². The first-order valence-electron chi connectivity index (χ1n) is 10.3. The molecule has 3 aromatic carbocycles. The number of ketones is 1. The van der Waals surface area contributed by atoms with Crippen LogP contribution >= 0.6 is 0 Å². The Morgan fingerprint density at radius 3 is 2.41 bits per heavy atom. The molecule has 0 heterocycles. The van der Waals surface area contributed by atoms with Crippen LogP contribution in [0.15, 0.2) is 95.8 Å². The van der Waals surface area contributed by atoms with E-state index in [1.165, 1.54) is 6.08 Å². The average molecular weight is 425 g/mol. The van der Waals surface area contributed by atoms with E-state index in [-0.39, 0.29) is 23.1 Å². The van der Waals surface area contributed by atoms with Crippen molar-refractivity contribution in [2.45, 2.75) is 19.4 Å². The van der Waals surface area contributed by atoms with Crippen molar-refractivity contribution >= 4 is 23.1 Å². The van der Waals surface area contributed by atoms with Crippen LogP contribution in [0.3, 0.4) is 0 Å². The van der Waals surface area contributed by atoms with Gasteiger partial charge in [0.2, 0.25) is 11.7 Å². The lowest BCUT2D eigenvalue weighted by Crippen LogP contribution is -2.44. The van der Waals surface area contributed by atoms with E-state index in [9.17, 15) is 14.8 Å². The molecule has 1 unspecified atom stereocenters. The number of nitrogens with zero attached hydrogens (tertiary/aromatic N) is 1. The van der Waals surface area contributed by atoms with Gasteiger partial charge in [-0.1, -0.05) is 71.9 Å². The summed E-state index contributed by atoms with van der Waals surface area (Å²) in [5, 5.41) is 18.8. The van der Waals surface area contributed by atoms with Crippen molar-refractivity contribution in [3.05, 3.63) is 113 Å². The molecule has 0 fully saturated rings. The molecule has 3 aromatic rings. The van der Waals surface area contributed by atoms with Crippen LogP contribution < -0.4 is 10.6 Å². The van der Waals surface area contributed by atoms with E-state index in [4.69, 9.17) is 0 Å². The molecule has 0 radical (unpaired) electrons. The lowest BCUT2D eigenvalue weighted by Gasteiger charge is -2.24. The average Bonchev–Trinajstić information content (AvgIpc) is 2.81. The Balaban J connectivity index is 1.63. The Labute approximate surface area is 186 Å². The SMILES string of the molecule is Cc1cccc(NC(=O)C(Cc2ccccc2)NC2=CC(=NO)c3ccccc3C2=O)c1. The van der Waals surface area contributed by atoms with Gasteiger partial charge in [-0.05, 0) is 36.3 Å². The Morgan fingerprint density at radius 1 is 0.969 bits per heavy atom. The van der Waals surface area contributed by atoms with Crippen LogP contribution in [-0.2, 0) is 11.2 Å². The number of nitrogens with one attached hydrogen (secondary N) is 2. The van der Waals surface area contributed by atoms with Crippen LogP contribution in [0.4, 0.5) is 5.69 Å². The number of fused-ring (bicyclic) bond motifs is 1. The lowest BCUT2D eigenvalue weighted by molar-refractivity contribution is -0.117. The zero-order chi connectivity index (χ0) is 22.5. The Hall–Kier alpha value is -4.19. The van der Waals surface area contributed by atoms with E-state index in [1.54, 1.807) is 24.3 Å². The molecule has 1 aliphatic rings. The van der Waals surface area contributed by atoms with E-state index >= 15 is 0 Å². The molecule has 6 heteroatoms. The molecule has 0 spiro atoms. The number of amides is 1. The van der Waals surface area contributed by atoms with Crippen LogP contribution in [0.5, 0.6) is 0 Å². The summed E-state index contributed by atoms with van der Waals surface area (Å²) in [6, 6.07) is 23.3. The second kappa shape index (κ2) is 9.31. The van der Waals surface area contributed by atoms with Crippen LogP contribution in [0.25, 0.3) is 0 Å². The molecule has 0 bridgehead atoms. The Bertz CT molecular complexity index is 1220. The molecular formula is C26H23N3O3. The number of hydrogen-bond donors (Lipinski definition) is 3. The van der Waals surface area contributed by atoms with Gasteiger partial charge >= 0.3 is 0 Å². The molecule has 1 aliphatic carbocycles. The minimum Gasteiger partial charge on any atom is -0.410 e. The monoisotopic (exact) mass is 425 g/mol. The number of hydrogen-bond acceptors (Lipinski definition) is 5. The molecule has 32 heavy (non-hydrogen) atoms. The van der Waals surface area contributed by atoms with Crippen LogP contribution in [0.1, 0.15) is 27.0 Å². The molecule has 1 atom stereocenters. The van der Waals surface area contributed by atoms with Crippen molar-refractivity contribution in [3.8, 4) is 0 Å². The Morgan fingerprint density at radius 2 is 1.69 bits per heavy atom. The summed E-state index contributed by atoms with van der Waals surface area (Å²) in [5.41, 5.74) is 4.10. The lowest BCUT2D eigenvalue weighted by atomic mass is 9.91. The van der Waals surface area contributed by atoms with E-state index in [1.807, 2.05) is 61.5 Å². The molecule has 3 N–H and O–H groups in total. The van der Waals surface area contributed by atoms with Crippen LogP contribution in [-0.4, -0.2) is 28.7 Å². The summed E-state index contributed by atoms with van der Waals surface area (Å²) in [6.07, 6.45) is 1.85. The summed E-state index contributed by atoms with van der Waals surface area (Å²) in [4.78, 5) is 26.3. The second-order valence-electron chi connectivity index (χ2n) is 7.66. The zero-order valence-corrected chi connectivity index (χ0v) is 17.6. The second-order valence-corrected chi connectivity index (χ2v) is 7.66. The summed E-state index contributed by atoms with van der Waals surface area (Å²) < 4.78 is 0. The third-order valence-corrected chi connectivity index (χ3v) is 5.30. The zero-order valence-electron chi connectivity index (χ0n) is 17.6. The largest absolute Gasteiger partial charge is 0.410 e. The predicted octanol–water partition coefficient (Wildman–Crippen LogP) is 4.09. The molecule has 160 valence electrons. The van der Waals surface area contributed by atoms with Crippen molar-refractivity contribution in [1.29, 1.82) is 0 Å². The number of carbonyl (C=O) groups excluding carboxylic acids is 2. The summed E-state index contributed by atoms with van der Waals surface area (Å²) in [7, 11) is 0. The molecular weight excluding hydrogens is 402 g/mol. The van der Waals surface area contributed by atoms with Gasteiger partial charge in [-0.15, -0.1) is 0 Å². The molecule has 4 rings (SSSR count). The summed E-state index contributed by atoms with van der Waals surface area (Å²) in [6.45, 7) is 1.95. The van der Waals surface area contributed by atoms with Gasteiger partial charge in [0, 0.05) is 23.2 Å². The summed E-state index contributed by atoms with van der Waals surface area (Å²) >= 11 is 0. The fourth-order valence-electron chi connectivity index (χ4n) is 3.72. The summed E-state index contributed by atoms with van der Waals surface area (Å²) in [5.74, 6) is -0.524. The van der Waals surface area contributed by atoms with E-state index < -0.39 is 6.04 Å². The quantitative estimate of drug-likeness (QED) is 0.410. The maximum atomic E-state index is 13.2. The van der Waals surface area contributed by atoms with Crippen molar-refractivity contribution in [1.82, 2.24) is 5.32 Å². The van der Waals surface area contributed by atoms with Crippen molar-refractivity contribution in [2.24, 2.45) is 5.16 Å². The van der Waals surface area contributed by atoms with Crippen LogP contribution in [0, 0.1) is 6.92 Å². The van der Waals surface area contributed by atoms with Gasteiger partial charge in [0.15, 0.2) is 0 Å². The van der Waals surface area contributed by atoms with E-state index in [0.29, 0.717) is 23.2 Å². The third-order valence-electron chi connectivity index (χ3n) is 5.30. The number of benzene rings is 3. The van der Waals surface area contributed by atoms with Gasteiger partial charge in [0.05, 0.1) is 5.70 Å². The number of aryl methyl sites for hydroxylation is 1. The van der Waals surface area contributed by atoms with Crippen molar-refractivity contribution in [3.63, 3.8) is 0 Å². The number of rotatable bonds is 6. The number of anilines is 1. The molecule has 0 aromatic heterocycles. The standard InChI is InChI=1S/C26H23N3O3/c1-17-8-7-11-19(14-17)27-26(31)24(15-18-9-3-2-4-10-18)28-23-16-22(29-32)20-12-5-6-13-21(20)25(23)30/h2-14,16,24,28,32H,15H2,1H3,(H,27,31). The maximum absolute atomic E-state index is 13.2. The highest BCUT2D eigenvalue weighted by atomic mass is 16.4. The van der Waals surface area contributed by atoms with Gasteiger partial charge in [-0.3, -0.25) is 9.59 Å². The molecule has 0 saturated carbocycles. The maximum Gasteiger partial charge on any atom is 0.247 e. The minimum absolute atomic E-state index is 0.205. The van der Waals surface area contributed by atoms with Gasteiger partial charge in [0.25, 0.3) is 0 Å². The van der Waals surface area contributed by atoms with E-state index in [0.717, 1.165) is 11.1 Å². The molecule has 0 aliphatic heterocycles. The van der Waals surface area contributed by atoms with Gasteiger partial charge < -0.3 is 15.8 Å². The first kappa shape index (κ1) is 21.1. The van der Waals surface area contributed by atoms with Gasteiger partial charge in [-0.25, -0.2) is 0 Å². The van der Waals surface area contributed by atoms with Crippen LogP contribution in [0.2, 0.25) is 0 Å². The minimum atomic E-state index is -0.724. The highest BCUT2D eigenvalue weighted by Crippen LogP contribution is 2.21. The first-order valence-corrected chi connectivity index (χ1v) is 10.3. The molecule has 1 amide bonds. The number of carbonyl (C=O) groups is 2. The predicted molar refractivity (Wildman–Crippen MR) is 124 cm³/mol. The number of allylic oxidation sites excluding steroid dienone is 2. The number of Topliss-reactive ketones (excluding diaryl/α,β-unsaturated/α-hetero) is 1. The van der Waals surface area contributed by atoms with Gasteiger partial charge in [0.1, 0.15) is 11.8 Å². The fraction of sp³-hybridized carbons (Fsp3) is 0.115. The molecule has 6 nitrogen and oxygen atoms in total. The third kappa shape index (κ3) is 4.59. The van der Waals surface area contributed by atoms with E-state index in [2.05, 4.69) is 15.8 Å². The molecule has 0 saturated heterocycles. The Kier molecular flexibility index (Phi) is 6.12. The topological polar surface area (TPSA) is 90.8 Å². The highest BCUT2D eigenvalue weighted by Gasteiger charge is 2.28. The highest BCUT2D eigenvalue weighted by molar-refractivity contribution is 6.26. The fourth-order valence-corrected chi connectivity index (χ4v) is 3.72. The normalized spacial score (nSPS) is 15.0. The smallest absolute Gasteiger partial charge is 0.247 e. The van der Waals surface area contributed by atoms with Gasteiger partial charge in [-0.2, -0.15) is 0 Å². The first-order chi connectivity index (χ1) is 15.5.